The maximum Gasteiger partial charge on any atom is 0.198 e. The van der Waals surface area contributed by atoms with Crippen molar-refractivity contribution >= 4 is 11.9 Å². The van der Waals surface area contributed by atoms with Gasteiger partial charge in [-0.25, -0.2) is 17.6 Å². The zero-order valence-electron chi connectivity index (χ0n) is 9.00. The standard InChI is InChI=1S/C13H7F4N/c14-10-6-8(11(15)13(17)12(10)16)7-18-9-4-2-1-3-5-9/h1-7H. The molecule has 0 fully saturated rings. The second kappa shape index (κ2) is 5.00. The van der Waals surface area contributed by atoms with Gasteiger partial charge in [0, 0.05) is 11.8 Å². The van der Waals surface area contributed by atoms with Crippen LogP contribution in [0.5, 0.6) is 0 Å². The van der Waals surface area contributed by atoms with E-state index in [4.69, 9.17) is 0 Å². The Balaban J connectivity index is 2.39. The van der Waals surface area contributed by atoms with E-state index in [0.717, 1.165) is 6.21 Å². The summed E-state index contributed by atoms with van der Waals surface area (Å²) in [4.78, 5) is 3.83. The first-order valence-electron chi connectivity index (χ1n) is 5.01. The minimum Gasteiger partial charge on any atom is -0.256 e. The highest BCUT2D eigenvalue weighted by molar-refractivity contribution is 5.82. The number of para-hydroxylation sites is 1. The second-order valence-electron chi connectivity index (χ2n) is 3.48. The summed E-state index contributed by atoms with van der Waals surface area (Å²) in [5, 5.41) is 0. The Hall–Kier alpha value is -2.17. The summed E-state index contributed by atoms with van der Waals surface area (Å²) < 4.78 is 51.8. The SMILES string of the molecule is Fc1cc(C=Nc2ccccc2)c(F)c(F)c1F. The Bertz CT molecular complexity index is 594. The molecule has 0 radical (unpaired) electrons. The molecule has 0 saturated carbocycles. The first-order chi connectivity index (χ1) is 8.59. The van der Waals surface area contributed by atoms with Crippen molar-refractivity contribution in [2.75, 3.05) is 0 Å². The number of rotatable bonds is 2. The lowest BCUT2D eigenvalue weighted by molar-refractivity contribution is 0.408. The number of hydrogen-bond donors (Lipinski definition) is 0. The molecule has 0 saturated heterocycles. The molecule has 0 aliphatic carbocycles. The molecule has 2 rings (SSSR count). The molecule has 0 aromatic heterocycles. The summed E-state index contributed by atoms with van der Waals surface area (Å²) in [5.41, 5.74) is 0.0392. The molecule has 92 valence electrons. The van der Waals surface area contributed by atoms with Gasteiger partial charge in [0.1, 0.15) is 0 Å². The molecule has 0 aliphatic rings. The Morgan fingerprint density at radius 1 is 0.833 bits per heavy atom. The monoisotopic (exact) mass is 253 g/mol. The topological polar surface area (TPSA) is 12.4 Å². The Labute approximate surface area is 100 Å². The van der Waals surface area contributed by atoms with Gasteiger partial charge in [0.15, 0.2) is 23.3 Å². The first-order valence-corrected chi connectivity index (χ1v) is 5.01. The molecule has 0 atom stereocenters. The highest BCUT2D eigenvalue weighted by Gasteiger charge is 2.17. The number of hydrogen-bond acceptors (Lipinski definition) is 1. The van der Waals surface area contributed by atoms with Crippen LogP contribution in [0.25, 0.3) is 0 Å². The summed E-state index contributed by atoms with van der Waals surface area (Å²) in [7, 11) is 0. The molecule has 0 bridgehead atoms. The van der Waals surface area contributed by atoms with Crippen LogP contribution >= 0.6 is 0 Å². The largest absolute Gasteiger partial charge is 0.256 e. The van der Waals surface area contributed by atoms with Gasteiger partial charge < -0.3 is 0 Å². The van der Waals surface area contributed by atoms with Crippen LogP contribution < -0.4 is 0 Å². The zero-order chi connectivity index (χ0) is 13.1. The van der Waals surface area contributed by atoms with Crippen molar-refractivity contribution in [3.63, 3.8) is 0 Å². The van der Waals surface area contributed by atoms with Gasteiger partial charge in [0.25, 0.3) is 0 Å². The number of benzene rings is 2. The summed E-state index contributed by atoms with van der Waals surface area (Å²) >= 11 is 0. The molecule has 0 spiro atoms. The van der Waals surface area contributed by atoms with E-state index in [1.165, 1.54) is 0 Å². The fraction of sp³-hybridized carbons (Fsp3) is 0. The smallest absolute Gasteiger partial charge is 0.198 e. The molecule has 18 heavy (non-hydrogen) atoms. The number of aliphatic imine (C=N–C) groups is 1. The summed E-state index contributed by atoms with van der Waals surface area (Å²) in [5.74, 6) is -6.59. The van der Waals surface area contributed by atoms with Gasteiger partial charge in [-0.05, 0) is 18.2 Å². The quantitative estimate of drug-likeness (QED) is 0.332. The van der Waals surface area contributed by atoms with Crippen LogP contribution in [0.4, 0.5) is 23.2 Å². The van der Waals surface area contributed by atoms with Gasteiger partial charge in [0.05, 0.1) is 5.69 Å². The van der Waals surface area contributed by atoms with Crippen molar-refractivity contribution in [3.8, 4) is 0 Å². The minimum absolute atomic E-state index is 0.449. The molecular formula is C13H7F4N. The van der Waals surface area contributed by atoms with Crippen LogP contribution in [-0.2, 0) is 0 Å². The average Bonchev–Trinajstić information content (AvgIpc) is 2.40. The Morgan fingerprint density at radius 3 is 2.17 bits per heavy atom. The van der Waals surface area contributed by atoms with Crippen LogP contribution in [0.15, 0.2) is 41.4 Å². The van der Waals surface area contributed by atoms with Gasteiger partial charge in [-0.3, -0.25) is 4.99 Å². The predicted molar refractivity (Wildman–Crippen MR) is 60.0 cm³/mol. The fourth-order valence-corrected chi connectivity index (χ4v) is 1.34. The third-order valence-corrected chi connectivity index (χ3v) is 2.24. The van der Waals surface area contributed by atoms with Gasteiger partial charge in [0.2, 0.25) is 0 Å². The van der Waals surface area contributed by atoms with Crippen molar-refractivity contribution in [3.05, 3.63) is 65.2 Å². The highest BCUT2D eigenvalue weighted by atomic mass is 19.2. The second-order valence-corrected chi connectivity index (χ2v) is 3.48. The van der Waals surface area contributed by atoms with Crippen LogP contribution in [-0.4, -0.2) is 6.21 Å². The molecule has 0 amide bonds. The predicted octanol–water partition coefficient (Wildman–Crippen LogP) is 3.99. The van der Waals surface area contributed by atoms with Crippen molar-refractivity contribution in [2.24, 2.45) is 4.99 Å². The molecule has 0 unspecified atom stereocenters. The Kier molecular flexibility index (Phi) is 3.41. The van der Waals surface area contributed by atoms with Crippen molar-refractivity contribution < 1.29 is 17.6 Å². The van der Waals surface area contributed by atoms with E-state index in [9.17, 15) is 17.6 Å². The van der Waals surface area contributed by atoms with Crippen LogP contribution in [0.1, 0.15) is 5.56 Å². The molecule has 2 aromatic rings. The van der Waals surface area contributed by atoms with E-state index in [1.807, 2.05) is 0 Å². The first kappa shape index (κ1) is 12.3. The maximum absolute atomic E-state index is 13.3. The lowest BCUT2D eigenvalue weighted by atomic mass is 10.2. The molecule has 2 aromatic carbocycles. The van der Waals surface area contributed by atoms with Crippen LogP contribution in [0.2, 0.25) is 0 Å². The molecule has 1 nitrogen and oxygen atoms in total. The third-order valence-electron chi connectivity index (χ3n) is 2.24. The summed E-state index contributed by atoms with van der Waals surface area (Å²) in [6, 6.07) is 8.98. The number of halogens is 4. The van der Waals surface area contributed by atoms with E-state index < -0.39 is 28.8 Å². The average molecular weight is 253 g/mol. The highest BCUT2D eigenvalue weighted by Crippen LogP contribution is 2.18. The minimum atomic E-state index is -1.84. The number of nitrogens with zero attached hydrogens (tertiary/aromatic N) is 1. The summed E-state index contributed by atoms with van der Waals surface area (Å²) in [6.07, 6.45) is 0.941. The van der Waals surface area contributed by atoms with Gasteiger partial charge in [-0.1, -0.05) is 18.2 Å². The Morgan fingerprint density at radius 2 is 1.50 bits per heavy atom. The van der Waals surface area contributed by atoms with Crippen molar-refractivity contribution in [1.82, 2.24) is 0 Å². The van der Waals surface area contributed by atoms with Gasteiger partial charge in [-0.2, -0.15) is 0 Å². The molecule has 0 aliphatic heterocycles. The normalized spacial score (nSPS) is 11.1. The van der Waals surface area contributed by atoms with E-state index in [2.05, 4.69) is 4.99 Å². The van der Waals surface area contributed by atoms with Crippen LogP contribution in [0, 0.1) is 23.3 Å². The zero-order valence-corrected chi connectivity index (χ0v) is 9.00. The fourth-order valence-electron chi connectivity index (χ4n) is 1.34. The van der Waals surface area contributed by atoms with Crippen molar-refractivity contribution in [1.29, 1.82) is 0 Å². The molecule has 0 N–H and O–H groups in total. The van der Waals surface area contributed by atoms with Crippen molar-refractivity contribution in [2.45, 2.75) is 0 Å². The van der Waals surface area contributed by atoms with Gasteiger partial charge >= 0.3 is 0 Å². The third kappa shape index (κ3) is 2.40. The van der Waals surface area contributed by atoms with E-state index in [-0.39, 0.29) is 0 Å². The molecular weight excluding hydrogens is 246 g/mol. The lowest BCUT2D eigenvalue weighted by Gasteiger charge is -2.01. The van der Waals surface area contributed by atoms with E-state index in [1.54, 1.807) is 30.3 Å². The maximum atomic E-state index is 13.3. The molecule has 5 heteroatoms. The molecule has 0 heterocycles. The lowest BCUT2D eigenvalue weighted by Crippen LogP contribution is -2.00. The summed E-state index contributed by atoms with van der Waals surface area (Å²) in [6.45, 7) is 0. The van der Waals surface area contributed by atoms with E-state index >= 15 is 0 Å². The van der Waals surface area contributed by atoms with Gasteiger partial charge in [-0.15, -0.1) is 0 Å². The van der Waals surface area contributed by atoms with Crippen LogP contribution in [0.3, 0.4) is 0 Å². The van der Waals surface area contributed by atoms with E-state index in [0.29, 0.717) is 11.8 Å².